The highest BCUT2D eigenvalue weighted by atomic mass is 32.2. The second-order valence-corrected chi connectivity index (χ2v) is 8.94. The summed E-state index contributed by atoms with van der Waals surface area (Å²) in [6, 6.07) is 7.28. The maximum absolute atomic E-state index is 12.5. The number of benzene rings is 1. The van der Waals surface area contributed by atoms with E-state index in [1.807, 2.05) is 35.8 Å². The Hall–Kier alpha value is -3.38. The normalized spacial score (nSPS) is 11.5. The lowest BCUT2D eigenvalue weighted by Gasteiger charge is -2.16. The maximum Gasteiger partial charge on any atom is 0.311 e. The Bertz CT molecular complexity index is 1150. The summed E-state index contributed by atoms with van der Waals surface area (Å²) in [4.78, 5) is 28.3. The minimum atomic E-state index is -0.382. The third-order valence-electron chi connectivity index (χ3n) is 4.55. The fourth-order valence-corrected chi connectivity index (χ4v) is 4.49. The Morgan fingerprint density at radius 3 is 2.69 bits per heavy atom. The van der Waals surface area contributed by atoms with Gasteiger partial charge in [0.2, 0.25) is 5.91 Å². The maximum atomic E-state index is 12.5. The molecule has 0 aliphatic heterocycles. The number of anilines is 1. The average Bonchev–Trinajstić information content (AvgIpc) is 3.45. The number of nitrogens with one attached hydrogen (secondary N) is 1. The molecule has 2 aromatic heterocycles. The number of hydrogen-bond donors (Lipinski definition) is 1. The van der Waals surface area contributed by atoms with Crippen LogP contribution >= 0.6 is 23.1 Å². The number of nitrogens with zero attached hydrogens (tertiary/aromatic N) is 4. The predicted octanol–water partition coefficient (Wildman–Crippen LogP) is 3.91. The van der Waals surface area contributed by atoms with Crippen molar-refractivity contribution in [3.63, 3.8) is 0 Å². The quantitative estimate of drug-likeness (QED) is 0.205. The van der Waals surface area contributed by atoms with Crippen molar-refractivity contribution in [1.29, 1.82) is 0 Å². The highest BCUT2D eigenvalue weighted by molar-refractivity contribution is 7.99. The van der Waals surface area contributed by atoms with Crippen molar-refractivity contribution in [3.8, 4) is 11.5 Å². The molecule has 0 radical (unpaired) electrons. The number of allylic oxidation sites excluding steroid dienone is 1. The van der Waals surface area contributed by atoms with E-state index in [2.05, 4.69) is 27.1 Å². The van der Waals surface area contributed by atoms with E-state index in [9.17, 15) is 9.59 Å². The molecule has 3 rings (SSSR count). The highest BCUT2D eigenvalue weighted by Gasteiger charge is 2.20. The Labute approximate surface area is 211 Å². The van der Waals surface area contributed by atoms with Gasteiger partial charge >= 0.3 is 5.97 Å². The van der Waals surface area contributed by atoms with Crippen LogP contribution in [0.5, 0.6) is 11.5 Å². The molecule has 1 aromatic carbocycles. The van der Waals surface area contributed by atoms with E-state index < -0.39 is 0 Å². The zero-order valence-electron chi connectivity index (χ0n) is 19.7. The fraction of sp³-hybridized carbons (Fsp3) is 0.348. The molecule has 0 bridgehead atoms. The predicted molar refractivity (Wildman–Crippen MR) is 134 cm³/mol. The van der Waals surface area contributed by atoms with Gasteiger partial charge in [-0.05, 0) is 38.1 Å². The molecule has 0 aliphatic carbocycles. The monoisotopic (exact) mass is 517 g/mol. The van der Waals surface area contributed by atoms with E-state index in [1.54, 1.807) is 25.5 Å². The van der Waals surface area contributed by atoms with Gasteiger partial charge in [0.05, 0.1) is 31.6 Å². The number of hydrogen-bond acceptors (Lipinski definition) is 10. The van der Waals surface area contributed by atoms with Crippen molar-refractivity contribution in [2.24, 2.45) is 0 Å². The molecule has 1 amide bonds. The van der Waals surface area contributed by atoms with E-state index in [4.69, 9.17) is 14.2 Å². The Kier molecular flexibility index (Phi) is 9.67. The van der Waals surface area contributed by atoms with Crippen LogP contribution < -0.4 is 14.8 Å². The second-order valence-electron chi connectivity index (χ2n) is 7.14. The van der Waals surface area contributed by atoms with Gasteiger partial charge in [-0.2, -0.15) is 0 Å². The van der Waals surface area contributed by atoms with Gasteiger partial charge in [0.25, 0.3) is 0 Å². The molecular formula is C23H27N5O5S2. The van der Waals surface area contributed by atoms with Crippen LogP contribution in [0.1, 0.15) is 31.5 Å². The molecule has 35 heavy (non-hydrogen) atoms. The largest absolute Gasteiger partial charge is 0.497 e. The van der Waals surface area contributed by atoms with E-state index in [0.717, 1.165) is 5.75 Å². The summed E-state index contributed by atoms with van der Waals surface area (Å²) in [7, 11) is 1.61. The van der Waals surface area contributed by atoms with Gasteiger partial charge in [-0.3, -0.25) is 14.2 Å². The molecule has 1 unspecified atom stereocenters. The number of methoxy groups -OCH3 is 1. The number of rotatable bonds is 13. The first-order chi connectivity index (χ1) is 16.9. The number of thioether (sulfide) groups is 1. The summed E-state index contributed by atoms with van der Waals surface area (Å²) < 4.78 is 18.0. The standard InChI is InChI=1S/C23H27N5O5S2/c1-5-11-28-21(15(3)33-18-9-7-17(31-4)8-10-18)26-27-23(28)35-14-19(29)25-22-24-16(13-34-22)12-20(30)32-6-2/h5,7-10,13,15H,1,6,11-12,14H2,2-4H3,(H,24,25,29). The van der Waals surface area contributed by atoms with Gasteiger partial charge in [0.15, 0.2) is 22.2 Å². The lowest BCUT2D eigenvalue weighted by atomic mass is 10.3. The molecule has 2 heterocycles. The minimum Gasteiger partial charge on any atom is -0.497 e. The third kappa shape index (κ3) is 7.55. The summed E-state index contributed by atoms with van der Waals surface area (Å²) in [5.74, 6) is 1.54. The van der Waals surface area contributed by atoms with Gasteiger partial charge in [-0.1, -0.05) is 17.8 Å². The van der Waals surface area contributed by atoms with Gasteiger partial charge < -0.3 is 19.5 Å². The molecule has 3 aromatic rings. The molecular weight excluding hydrogens is 490 g/mol. The summed E-state index contributed by atoms with van der Waals surface area (Å²) in [6.45, 7) is 8.21. The van der Waals surface area contributed by atoms with Crippen molar-refractivity contribution < 1.29 is 23.8 Å². The van der Waals surface area contributed by atoms with Crippen molar-refractivity contribution in [2.45, 2.75) is 38.1 Å². The Morgan fingerprint density at radius 2 is 2.00 bits per heavy atom. The number of ether oxygens (including phenoxy) is 3. The molecule has 0 saturated heterocycles. The number of amides is 1. The Balaban J connectivity index is 1.58. The second kappa shape index (κ2) is 12.9. The van der Waals surface area contributed by atoms with E-state index >= 15 is 0 Å². The molecule has 186 valence electrons. The summed E-state index contributed by atoms with van der Waals surface area (Å²) in [6.07, 6.45) is 1.42. The van der Waals surface area contributed by atoms with Crippen molar-refractivity contribution in [1.82, 2.24) is 19.7 Å². The minimum absolute atomic E-state index is 0.0686. The molecule has 0 fully saturated rings. The molecule has 0 saturated carbocycles. The highest BCUT2D eigenvalue weighted by Crippen LogP contribution is 2.26. The van der Waals surface area contributed by atoms with Crippen LogP contribution in [0.15, 0.2) is 47.5 Å². The van der Waals surface area contributed by atoms with Crippen LogP contribution in [0.4, 0.5) is 5.13 Å². The number of thiazole rings is 1. The summed E-state index contributed by atoms with van der Waals surface area (Å²) >= 11 is 2.50. The van der Waals surface area contributed by atoms with Crippen LogP contribution in [-0.2, 0) is 27.3 Å². The molecule has 0 aliphatic rings. The van der Waals surface area contributed by atoms with Crippen molar-refractivity contribution in [2.75, 3.05) is 24.8 Å². The van der Waals surface area contributed by atoms with Gasteiger partial charge in [-0.25, -0.2) is 4.98 Å². The van der Waals surface area contributed by atoms with Gasteiger partial charge in [0, 0.05) is 11.9 Å². The number of carbonyl (C=O) groups is 2. The first-order valence-electron chi connectivity index (χ1n) is 10.8. The number of esters is 1. The summed E-state index contributed by atoms with van der Waals surface area (Å²) in [5.41, 5.74) is 0.553. The average molecular weight is 518 g/mol. The molecule has 0 spiro atoms. The summed E-state index contributed by atoms with van der Waals surface area (Å²) in [5, 5.41) is 14.0. The lowest BCUT2D eigenvalue weighted by Crippen LogP contribution is -2.15. The van der Waals surface area contributed by atoms with Crippen molar-refractivity contribution in [3.05, 3.63) is 53.8 Å². The van der Waals surface area contributed by atoms with E-state index in [-0.39, 0.29) is 30.2 Å². The zero-order valence-corrected chi connectivity index (χ0v) is 21.4. The first-order valence-corrected chi connectivity index (χ1v) is 12.7. The lowest BCUT2D eigenvalue weighted by molar-refractivity contribution is -0.142. The SMILES string of the molecule is C=CCn1c(SCC(=O)Nc2nc(CC(=O)OCC)cs2)nnc1C(C)Oc1ccc(OC)cc1. The molecule has 10 nitrogen and oxygen atoms in total. The molecule has 12 heteroatoms. The smallest absolute Gasteiger partial charge is 0.311 e. The first kappa shape index (κ1) is 26.2. The van der Waals surface area contributed by atoms with Crippen LogP contribution in [0.2, 0.25) is 0 Å². The van der Waals surface area contributed by atoms with Crippen LogP contribution in [0.25, 0.3) is 0 Å². The number of aromatic nitrogens is 4. The van der Waals surface area contributed by atoms with Crippen molar-refractivity contribution >= 4 is 40.1 Å². The van der Waals surface area contributed by atoms with Gasteiger partial charge in [-0.15, -0.1) is 28.1 Å². The fourth-order valence-electron chi connectivity index (χ4n) is 3.01. The third-order valence-corrected chi connectivity index (χ3v) is 6.33. The molecule has 1 atom stereocenters. The zero-order chi connectivity index (χ0) is 25.2. The van der Waals surface area contributed by atoms with Gasteiger partial charge in [0.1, 0.15) is 11.5 Å². The molecule has 1 N–H and O–H groups in total. The number of carbonyl (C=O) groups excluding carboxylic acids is 2. The van der Waals surface area contributed by atoms with Crippen LogP contribution in [0, 0.1) is 0 Å². The van der Waals surface area contributed by atoms with Crippen LogP contribution in [0.3, 0.4) is 0 Å². The van der Waals surface area contributed by atoms with Crippen LogP contribution in [-0.4, -0.2) is 51.1 Å². The van der Waals surface area contributed by atoms with E-state index in [1.165, 1.54) is 23.1 Å². The topological polar surface area (TPSA) is 117 Å². The van der Waals surface area contributed by atoms with E-state index in [0.29, 0.717) is 40.7 Å². The Morgan fingerprint density at radius 1 is 1.26 bits per heavy atom.